The van der Waals surface area contributed by atoms with Gasteiger partial charge in [0.05, 0.1) is 5.56 Å². The van der Waals surface area contributed by atoms with E-state index in [4.69, 9.17) is 0 Å². The lowest BCUT2D eigenvalue weighted by molar-refractivity contribution is -0.137. The highest BCUT2D eigenvalue weighted by Crippen LogP contribution is 2.31. The average molecular weight is 411 g/mol. The first-order chi connectivity index (χ1) is 13.1. The molecule has 2 aromatic rings. The molecule has 0 fully saturated rings. The third-order valence-corrected chi connectivity index (χ3v) is 4.91. The van der Waals surface area contributed by atoms with Gasteiger partial charge in [-0.05, 0) is 47.7 Å². The minimum Gasteiger partial charge on any atom is -0.772 e. The summed E-state index contributed by atoms with van der Waals surface area (Å²) in [5.41, 5.74) is 2.63. The number of rotatable bonds is 6. The summed E-state index contributed by atoms with van der Waals surface area (Å²) in [5, 5.41) is 3.14. The fourth-order valence-electron chi connectivity index (χ4n) is 2.89. The second-order valence-corrected chi connectivity index (χ2v) is 7.30. The third-order valence-electron chi connectivity index (χ3n) is 4.37. The van der Waals surface area contributed by atoms with Crippen molar-refractivity contribution in [3.8, 4) is 0 Å². The fraction of sp³-hybridized carbons (Fsp3) is 0.350. The number of amidine groups is 1. The number of aliphatic imine (C=N–C) groups is 1. The van der Waals surface area contributed by atoms with Gasteiger partial charge in [-0.2, -0.15) is 13.2 Å². The van der Waals surface area contributed by atoms with Gasteiger partial charge in [-0.15, -0.1) is 0 Å². The van der Waals surface area contributed by atoms with E-state index in [9.17, 15) is 21.9 Å². The Morgan fingerprint density at radius 3 is 2.50 bits per heavy atom. The summed E-state index contributed by atoms with van der Waals surface area (Å²) in [5.74, 6) is 0.516. The quantitative estimate of drug-likeness (QED) is 0.421. The Kier molecular flexibility index (Phi) is 7.37. The molecule has 0 spiro atoms. The second kappa shape index (κ2) is 9.34. The zero-order valence-corrected chi connectivity index (χ0v) is 16.7. The van der Waals surface area contributed by atoms with Crippen LogP contribution in [0.2, 0.25) is 0 Å². The van der Waals surface area contributed by atoms with Gasteiger partial charge in [0.25, 0.3) is 0 Å². The number of aryl methyl sites for hydroxylation is 1. The second-order valence-electron chi connectivity index (χ2n) is 6.41. The minimum absolute atomic E-state index is 0.196. The van der Waals surface area contributed by atoms with E-state index in [0.717, 1.165) is 23.3 Å². The number of nitrogens with zero attached hydrogens (tertiary/aromatic N) is 1. The minimum atomic E-state index is -4.40. The molecule has 0 heterocycles. The first-order valence-corrected chi connectivity index (χ1v) is 9.95. The maximum Gasteiger partial charge on any atom is 0.416 e. The Balaban J connectivity index is 2.41. The number of alkyl halides is 3. The van der Waals surface area contributed by atoms with E-state index in [1.165, 1.54) is 6.07 Å². The Bertz CT molecular complexity index is 896. The molecule has 2 aromatic carbocycles. The molecule has 0 aliphatic rings. The smallest absolute Gasteiger partial charge is 0.416 e. The van der Waals surface area contributed by atoms with Gasteiger partial charge >= 0.3 is 6.18 Å². The van der Waals surface area contributed by atoms with Crippen LogP contribution < -0.4 is 5.32 Å². The number of benzene rings is 2. The standard InChI is InChI=1S/C20H23F3N2O2S/c1-4-19(24-3)25-18-8-13(2)15(11-16(18)12-28(26)27)9-14-6-5-7-17(10-14)20(21,22)23/h5-8,10-11H,4,9,12H2,1-3H3,(H,24,25)(H,26,27)/p-1. The zero-order chi connectivity index (χ0) is 20.9. The molecule has 1 N–H and O–H groups in total. The van der Waals surface area contributed by atoms with Crippen LogP contribution in [0, 0.1) is 6.92 Å². The van der Waals surface area contributed by atoms with E-state index >= 15 is 0 Å². The molecule has 152 valence electrons. The Morgan fingerprint density at radius 2 is 1.93 bits per heavy atom. The van der Waals surface area contributed by atoms with Crippen LogP contribution in [0.4, 0.5) is 18.9 Å². The van der Waals surface area contributed by atoms with Crippen LogP contribution in [0.1, 0.15) is 41.2 Å². The molecule has 0 aliphatic heterocycles. The molecule has 1 unspecified atom stereocenters. The maximum absolute atomic E-state index is 12.9. The number of anilines is 1. The highest BCUT2D eigenvalue weighted by atomic mass is 32.2. The van der Waals surface area contributed by atoms with E-state index in [-0.39, 0.29) is 12.2 Å². The summed E-state index contributed by atoms with van der Waals surface area (Å²) in [4.78, 5) is 4.12. The van der Waals surface area contributed by atoms with E-state index in [2.05, 4.69) is 10.3 Å². The maximum atomic E-state index is 12.9. The van der Waals surface area contributed by atoms with E-state index < -0.39 is 22.8 Å². The lowest BCUT2D eigenvalue weighted by atomic mass is 9.96. The highest BCUT2D eigenvalue weighted by Gasteiger charge is 2.30. The summed E-state index contributed by atoms with van der Waals surface area (Å²) in [6.07, 6.45) is -3.47. The lowest BCUT2D eigenvalue weighted by Gasteiger charge is -2.18. The van der Waals surface area contributed by atoms with E-state index in [1.807, 2.05) is 19.9 Å². The Morgan fingerprint density at radius 1 is 1.21 bits per heavy atom. The topological polar surface area (TPSA) is 64.5 Å². The molecule has 0 radical (unpaired) electrons. The van der Waals surface area contributed by atoms with Crippen molar-refractivity contribution in [1.82, 2.24) is 0 Å². The van der Waals surface area contributed by atoms with Crippen molar-refractivity contribution in [2.45, 2.75) is 38.6 Å². The van der Waals surface area contributed by atoms with Crippen LogP contribution >= 0.6 is 0 Å². The van der Waals surface area contributed by atoms with Gasteiger partial charge in [0, 0.05) is 24.9 Å². The number of nitrogens with one attached hydrogen (secondary N) is 1. The van der Waals surface area contributed by atoms with Crippen molar-refractivity contribution in [3.05, 3.63) is 64.2 Å². The predicted molar refractivity (Wildman–Crippen MR) is 105 cm³/mol. The van der Waals surface area contributed by atoms with E-state index in [1.54, 1.807) is 19.2 Å². The molecule has 1 atom stereocenters. The highest BCUT2D eigenvalue weighted by molar-refractivity contribution is 7.78. The monoisotopic (exact) mass is 411 g/mol. The van der Waals surface area contributed by atoms with Crippen molar-refractivity contribution in [3.63, 3.8) is 0 Å². The molecule has 2 rings (SSSR count). The predicted octanol–water partition coefficient (Wildman–Crippen LogP) is 4.83. The summed E-state index contributed by atoms with van der Waals surface area (Å²) < 4.78 is 61.4. The van der Waals surface area contributed by atoms with Gasteiger partial charge in [0.1, 0.15) is 5.84 Å². The Hall–Kier alpha value is -2.19. The van der Waals surface area contributed by atoms with Gasteiger partial charge < -0.3 is 9.87 Å². The number of hydrogen-bond acceptors (Lipinski definition) is 3. The largest absolute Gasteiger partial charge is 0.772 e. The number of halogens is 3. The molecule has 0 saturated carbocycles. The average Bonchev–Trinajstić information content (AvgIpc) is 2.62. The van der Waals surface area contributed by atoms with Crippen molar-refractivity contribution >= 4 is 22.6 Å². The lowest BCUT2D eigenvalue weighted by Crippen LogP contribution is -2.13. The van der Waals surface area contributed by atoms with Crippen LogP contribution in [-0.2, 0) is 29.4 Å². The SMILES string of the molecule is CCC(=NC)Nc1cc(C)c(Cc2cccc(C(F)(F)F)c2)cc1CS(=O)[O-]. The van der Waals surface area contributed by atoms with Crippen LogP contribution in [-0.4, -0.2) is 21.6 Å². The van der Waals surface area contributed by atoms with Crippen molar-refractivity contribution < 1.29 is 21.9 Å². The summed E-state index contributed by atoms with van der Waals surface area (Å²) in [6.45, 7) is 3.77. The fourth-order valence-corrected chi connectivity index (χ4v) is 3.39. The van der Waals surface area contributed by atoms with Gasteiger partial charge in [0.2, 0.25) is 0 Å². The van der Waals surface area contributed by atoms with Gasteiger partial charge in [0.15, 0.2) is 0 Å². The van der Waals surface area contributed by atoms with Crippen LogP contribution in [0.3, 0.4) is 0 Å². The molecular weight excluding hydrogens is 389 g/mol. The Labute approximate surface area is 165 Å². The van der Waals surface area contributed by atoms with E-state index in [0.29, 0.717) is 29.1 Å². The first-order valence-electron chi connectivity index (χ1n) is 8.71. The summed E-state index contributed by atoms with van der Waals surface area (Å²) in [7, 11) is 1.64. The van der Waals surface area contributed by atoms with Crippen LogP contribution in [0.5, 0.6) is 0 Å². The molecule has 0 amide bonds. The summed E-state index contributed by atoms with van der Waals surface area (Å²) >= 11 is -2.30. The normalized spacial score (nSPS) is 13.5. The van der Waals surface area contributed by atoms with Gasteiger partial charge in [-0.3, -0.25) is 9.20 Å². The molecular formula is C20H22F3N2O2S-. The van der Waals surface area contributed by atoms with Gasteiger partial charge in [-0.25, -0.2) is 0 Å². The molecule has 0 bridgehead atoms. The molecule has 28 heavy (non-hydrogen) atoms. The molecule has 0 aliphatic carbocycles. The van der Waals surface area contributed by atoms with Crippen molar-refractivity contribution in [1.29, 1.82) is 0 Å². The van der Waals surface area contributed by atoms with Gasteiger partial charge in [-0.1, -0.05) is 42.3 Å². The van der Waals surface area contributed by atoms with Crippen molar-refractivity contribution in [2.24, 2.45) is 4.99 Å². The molecule has 0 aromatic heterocycles. The van der Waals surface area contributed by atoms with Crippen LogP contribution in [0.25, 0.3) is 0 Å². The van der Waals surface area contributed by atoms with Crippen molar-refractivity contribution in [2.75, 3.05) is 12.4 Å². The molecule has 4 nitrogen and oxygen atoms in total. The number of hydrogen-bond donors (Lipinski definition) is 1. The molecule has 8 heteroatoms. The van der Waals surface area contributed by atoms with Crippen LogP contribution in [0.15, 0.2) is 41.4 Å². The third kappa shape index (κ3) is 5.90. The zero-order valence-electron chi connectivity index (χ0n) is 15.9. The first kappa shape index (κ1) is 22.1. The summed E-state index contributed by atoms with van der Waals surface area (Å²) in [6, 6.07) is 8.71. The molecule has 0 saturated heterocycles.